The van der Waals surface area contributed by atoms with E-state index >= 15 is 0 Å². The molecule has 4 amide bonds. The number of benzene rings is 2. The Morgan fingerprint density at radius 3 is 2.06 bits per heavy atom. The SMILES string of the molecule is CNCC1CCC(C(=O)NC(Cc2ccc3ccccc3c2)C(=O)NCCCCC(NC(=O)NC(CCC(C)=O)C(=O)O)C(=O)O)CC1. The van der Waals surface area contributed by atoms with E-state index in [9.17, 15) is 39.0 Å². The molecule has 1 fully saturated rings. The summed E-state index contributed by atoms with van der Waals surface area (Å²) >= 11 is 0. The number of rotatable bonds is 19. The first-order valence-corrected chi connectivity index (χ1v) is 16.7. The zero-order chi connectivity index (χ0) is 35.1. The van der Waals surface area contributed by atoms with Crippen molar-refractivity contribution in [3.05, 3.63) is 48.0 Å². The summed E-state index contributed by atoms with van der Waals surface area (Å²) in [4.78, 5) is 73.4. The molecule has 0 radical (unpaired) electrons. The summed E-state index contributed by atoms with van der Waals surface area (Å²) in [5, 5.41) is 34.6. The maximum atomic E-state index is 13.4. The molecule has 0 aromatic heterocycles. The Morgan fingerprint density at radius 1 is 0.792 bits per heavy atom. The Hall–Kier alpha value is -4.52. The Morgan fingerprint density at radius 2 is 1.44 bits per heavy atom. The van der Waals surface area contributed by atoms with E-state index in [0.29, 0.717) is 25.2 Å². The van der Waals surface area contributed by atoms with E-state index in [2.05, 4.69) is 26.6 Å². The Bertz CT molecular complexity index is 1420. The van der Waals surface area contributed by atoms with E-state index < -0.39 is 36.1 Å². The van der Waals surface area contributed by atoms with Gasteiger partial charge in [0.2, 0.25) is 11.8 Å². The van der Waals surface area contributed by atoms with Crippen LogP contribution in [0.2, 0.25) is 0 Å². The van der Waals surface area contributed by atoms with Crippen LogP contribution in [0.15, 0.2) is 42.5 Å². The van der Waals surface area contributed by atoms with Crippen molar-refractivity contribution in [1.29, 1.82) is 0 Å². The van der Waals surface area contributed by atoms with Gasteiger partial charge in [-0.2, -0.15) is 0 Å². The Balaban J connectivity index is 1.54. The molecule has 1 saturated carbocycles. The molecule has 7 N–H and O–H groups in total. The van der Waals surface area contributed by atoms with Crippen LogP contribution >= 0.6 is 0 Å². The van der Waals surface area contributed by atoms with Crippen LogP contribution in [0.1, 0.15) is 70.3 Å². The smallest absolute Gasteiger partial charge is 0.326 e. The molecule has 48 heavy (non-hydrogen) atoms. The molecule has 13 heteroatoms. The van der Waals surface area contributed by atoms with Gasteiger partial charge < -0.3 is 41.6 Å². The third kappa shape index (κ3) is 12.6. The number of carbonyl (C=O) groups excluding carboxylic acids is 4. The standard InChI is InChI=1S/C35H49N5O8/c1-22(41)10-17-29(34(46)47)40-35(48)39-28(33(44)45)9-5-6-18-37-32(43)30(20-24-13-14-25-7-3-4-8-27(25)19-24)38-31(42)26-15-11-23(12-16-26)21-36-2/h3-4,7-8,13-14,19,23,26,28-30,36H,5-6,9-12,15-18,20-21H2,1-2H3,(H,37,43)(H,38,42)(H,44,45)(H,46,47)(H2,39,40,48). The van der Waals surface area contributed by atoms with Crippen LogP contribution in [-0.4, -0.2) is 84.0 Å². The van der Waals surface area contributed by atoms with E-state index in [-0.39, 0.29) is 49.3 Å². The van der Waals surface area contributed by atoms with Crippen molar-refractivity contribution in [3.63, 3.8) is 0 Å². The van der Waals surface area contributed by atoms with Crippen molar-refractivity contribution in [2.24, 2.45) is 11.8 Å². The van der Waals surface area contributed by atoms with Gasteiger partial charge in [0.15, 0.2) is 0 Å². The minimum Gasteiger partial charge on any atom is -0.480 e. The van der Waals surface area contributed by atoms with Gasteiger partial charge in [0, 0.05) is 25.3 Å². The average Bonchev–Trinajstić information content (AvgIpc) is 3.05. The number of carboxylic acid groups (broad SMARTS) is 2. The Labute approximate surface area is 281 Å². The molecule has 1 aliphatic carbocycles. The largest absolute Gasteiger partial charge is 0.480 e. The lowest BCUT2D eigenvalue weighted by Crippen LogP contribution is -2.51. The van der Waals surface area contributed by atoms with E-state index in [1.54, 1.807) is 0 Å². The summed E-state index contributed by atoms with van der Waals surface area (Å²) in [6.45, 7) is 2.45. The number of unbranched alkanes of at least 4 members (excludes halogenated alkanes) is 1. The van der Waals surface area contributed by atoms with Crippen LogP contribution < -0.4 is 26.6 Å². The first kappa shape index (κ1) is 37.9. The molecule has 3 atom stereocenters. The molecule has 0 saturated heterocycles. The quantitative estimate of drug-likeness (QED) is 0.110. The molecule has 262 valence electrons. The number of nitrogens with one attached hydrogen (secondary N) is 5. The molecule has 0 heterocycles. The number of urea groups is 1. The van der Waals surface area contributed by atoms with Gasteiger partial charge in [-0.3, -0.25) is 9.59 Å². The molecule has 1 aliphatic rings. The van der Waals surface area contributed by atoms with Crippen molar-refractivity contribution in [2.75, 3.05) is 20.1 Å². The molecule has 0 spiro atoms. The number of fused-ring (bicyclic) bond motifs is 1. The van der Waals surface area contributed by atoms with Gasteiger partial charge in [0.05, 0.1) is 0 Å². The number of ketones is 1. The molecule has 3 rings (SSSR count). The van der Waals surface area contributed by atoms with Crippen molar-refractivity contribution in [3.8, 4) is 0 Å². The number of aliphatic carboxylic acids is 2. The second-order valence-electron chi connectivity index (χ2n) is 12.6. The van der Waals surface area contributed by atoms with Crippen LogP contribution in [0, 0.1) is 11.8 Å². The first-order chi connectivity index (χ1) is 23.0. The van der Waals surface area contributed by atoms with Gasteiger partial charge >= 0.3 is 18.0 Å². The van der Waals surface area contributed by atoms with Crippen LogP contribution in [0.5, 0.6) is 0 Å². The fraction of sp³-hybridized carbons (Fsp3) is 0.543. The van der Waals surface area contributed by atoms with Crippen molar-refractivity contribution in [2.45, 2.75) is 89.3 Å². The highest BCUT2D eigenvalue weighted by atomic mass is 16.4. The zero-order valence-corrected chi connectivity index (χ0v) is 27.8. The number of Topliss-reactive ketones (excluding diaryl/α,β-unsaturated/α-hetero) is 1. The minimum absolute atomic E-state index is 0.0390. The van der Waals surface area contributed by atoms with Gasteiger partial charge in [0.1, 0.15) is 23.9 Å². The van der Waals surface area contributed by atoms with Crippen LogP contribution in [-0.2, 0) is 30.4 Å². The monoisotopic (exact) mass is 667 g/mol. The summed E-state index contributed by atoms with van der Waals surface area (Å²) in [6.07, 6.45) is 4.37. The second kappa shape index (κ2) is 19.3. The lowest BCUT2D eigenvalue weighted by atomic mass is 9.81. The number of amides is 4. The topological polar surface area (TPSA) is 203 Å². The molecular formula is C35H49N5O8. The zero-order valence-electron chi connectivity index (χ0n) is 27.8. The van der Waals surface area contributed by atoms with E-state index in [1.807, 2.05) is 49.5 Å². The normalized spacial score (nSPS) is 17.8. The summed E-state index contributed by atoms with van der Waals surface area (Å²) in [5.74, 6) is -2.92. The molecule has 0 aliphatic heterocycles. The van der Waals surface area contributed by atoms with Gasteiger partial charge in [-0.15, -0.1) is 0 Å². The van der Waals surface area contributed by atoms with Gasteiger partial charge in [-0.05, 0) is 94.1 Å². The van der Waals surface area contributed by atoms with Crippen molar-refractivity contribution in [1.82, 2.24) is 26.6 Å². The predicted octanol–water partition coefficient (Wildman–Crippen LogP) is 2.75. The highest BCUT2D eigenvalue weighted by molar-refractivity contribution is 5.89. The molecule has 2 aromatic carbocycles. The minimum atomic E-state index is -1.34. The molecule has 0 bridgehead atoms. The summed E-state index contributed by atoms with van der Waals surface area (Å²) < 4.78 is 0. The average molecular weight is 668 g/mol. The van der Waals surface area contributed by atoms with E-state index in [1.165, 1.54) is 6.92 Å². The first-order valence-electron chi connectivity index (χ1n) is 16.7. The maximum absolute atomic E-state index is 13.4. The fourth-order valence-electron chi connectivity index (χ4n) is 6.05. The van der Waals surface area contributed by atoms with Crippen LogP contribution in [0.25, 0.3) is 10.8 Å². The lowest BCUT2D eigenvalue weighted by Gasteiger charge is -2.29. The highest BCUT2D eigenvalue weighted by Crippen LogP contribution is 2.28. The van der Waals surface area contributed by atoms with E-state index in [4.69, 9.17) is 0 Å². The maximum Gasteiger partial charge on any atom is 0.326 e. The van der Waals surface area contributed by atoms with Crippen molar-refractivity contribution < 1.29 is 39.0 Å². The highest BCUT2D eigenvalue weighted by Gasteiger charge is 2.30. The lowest BCUT2D eigenvalue weighted by molar-refractivity contribution is -0.139. The number of carboxylic acids is 2. The van der Waals surface area contributed by atoms with Crippen LogP contribution in [0.4, 0.5) is 4.79 Å². The third-order valence-corrected chi connectivity index (χ3v) is 8.81. The molecule has 3 unspecified atom stereocenters. The summed E-state index contributed by atoms with van der Waals surface area (Å²) in [7, 11) is 1.93. The summed E-state index contributed by atoms with van der Waals surface area (Å²) in [6, 6.07) is 9.49. The van der Waals surface area contributed by atoms with E-state index in [0.717, 1.165) is 48.6 Å². The number of carbonyl (C=O) groups is 6. The molecule has 2 aromatic rings. The number of hydrogen-bond donors (Lipinski definition) is 7. The fourth-order valence-corrected chi connectivity index (χ4v) is 6.05. The van der Waals surface area contributed by atoms with Gasteiger partial charge in [-0.1, -0.05) is 42.5 Å². The third-order valence-electron chi connectivity index (χ3n) is 8.81. The molecule has 13 nitrogen and oxygen atoms in total. The summed E-state index contributed by atoms with van der Waals surface area (Å²) in [5.41, 5.74) is 0.909. The van der Waals surface area contributed by atoms with Crippen LogP contribution in [0.3, 0.4) is 0 Å². The van der Waals surface area contributed by atoms with Gasteiger partial charge in [-0.25, -0.2) is 14.4 Å². The van der Waals surface area contributed by atoms with Crippen molar-refractivity contribution >= 4 is 46.3 Å². The van der Waals surface area contributed by atoms with Gasteiger partial charge in [0.25, 0.3) is 0 Å². The molecular weight excluding hydrogens is 618 g/mol. The number of hydrogen-bond acceptors (Lipinski definition) is 7. The predicted molar refractivity (Wildman–Crippen MR) is 180 cm³/mol. The Kier molecular flexibility index (Phi) is 15.3. The second-order valence-corrected chi connectivity index (χ2v) is 12.6.